The number of alkyl carbamates (subject to hydrolysis) is 1. The lowest BCUT2D eigenvalue weighted by Gasteiger charge is -2.21. The summed E-state index contributed by atoms with van der Waals surface area (Å²) in [4.78, 5) is 33.4. The van der Waals surface area contributed by atoms with Gasteiger partial charge in [0.2, 0.25) is 0 Å². The topological polar surface area (TPSA) is 102 Å². The highest BCUT2D eigenvalue weighted by atomic mass is 32.2. The predicted octanol–water partition coefficient (Wildman–Crippen LogP) is 1.26. The van der Waals surface area contributed by atoms with Crippen molar-refractivity contribution in [2.24, 2.45) is 0 Å². The summed E-state index contributed by atoms with van der Waals surface area (Å²) < 4.78 is 9.45. The number of carboxylic acid groups (broad SMARTS) is 1. The lowest BCUT2D eigenvalue weighted by atomic mass is 10.2. The van der Waals surface area contributed by atoms with Gasteiger partial charge >= 0.3 is 18.0 Å². The fourth-order valence-corrected chi connectivity index (χ4v) is 2.02. The predicted molar refractivity (Wildman–Crippen MR) is 74.8 cm³/mol. The number of aliphatic carboxylic acids is 1. The van der Waals surface area contributed by atoms with Crippen molar-refractivity contribution < 1.29 is 29.0 Å². The largest absolute Gasteiger partial charge is 0.480 e. The first-order valence-electron chi connectivity index (χ1n) is 6.02. The molecule has 0 aromatic carbocycles. The van der Waals surface area contributed by atoms with Crippen molar-refractivity contribution >= 4 is 29.8 Å². The number of nitrogens with one attached hydrogen (secondary N) is 1. The van der Waals surface area contributed by atoms with E-state index in [-0.39, 0.29) is 18.1 Å². The van der Waals surface area contributed by atoms with E-state index in [1.807, 2.05) is 0 Å². The number of carbonyl (C=O) groups excluding carboxylic acids is 2. The number of thioether (sulfide) groups is 1. The van der Waals surface area contributed by atoms with Gasteiger partial charge in [0.25, 0.3) is 0 Å². The minimum absolute atomic E-state index is 0.144. The fraction of sp³-hybridized carbons (Fsp3) is 0.750. The molecule has 0 saturated carbocycles. The van der Waals surface area contributed by atoms with Crippen LogP contribution < -0.4 is 5.32 Å². The van der Waals surface area contributed by atoms with Crippen LogP contribution in [-0.2, 0) is 19.1 Å². The van der Waals surface area contributed by atoms with Crippen LogP contribution in [0, 0.1) is 0 Å². The SMILES string of the molecule is COC(=O)CCSCC(NC(=O)OC(C)(C)C)C(=O)O. The third kappa shape index (κ3) is 9.48. The molecular weight excluding hydrogens is 286 g/mol. The first kappa shape index (κ1) is 18.6. The van der Waals surface area contributed by atoms with Gasteiger partial charge in [-0.25, -0.2) is 9.59 Å². The monoisotopic (exact) mass is 307 g/mol. The molecule has 0 rings (SSSR count). The fourth-order valence-electron chi connectivity index (χ4n) is 1.08. The van der Waals surface area contributed by atoms with E-state index in [2.05, 4.69) is 10.1 Å². The van der Waals surface area contributed by atoms with E-state index in [0.717, 1.165) is 0 Å². The summed E-state index contributed by atoms with van der Waals surface area (Å²) in [5.74, 6) is -0.941. The molecule has 0 fully saturated rings. The van der Waals surface area contributed by atoms with Crippen molar-refractivity contribution in [3.63, 3.8) is 0 Å². The Kier molecular flexibility index (Phi) is 8.05. The second-order valence-electron chi connectivity index (χ2n) is 4.94. The van der Waals surface area contributed by atoms with E-state index in [4.69, 9.17) is 9.84 Å². The molecule has 7 nitrogen and oxygen atoms in total. The molecule has 0 aliphatic rings. The molecule has 0 aliphatic carbocycles. The van der Waals surface area contributed by atoms with Crippen LogP contribution in [0.5, 0.6) is 0 Å². The Morgan fingerprint density at radius 1 is 1.30 bits per heavy atom. The van der Waals surface area contributed by atoms with E-state index in [1.54, 1.807) is 20.8 Å². The van der Waals surface area contributed by atoms with E-state index < -0.39 is 23.7 Å². The summed E-state index contributed by atoms with van der Waals surface area (Å²) in [7, 11) is 1.29. The van der Waals surface area contributed by atoms with E-state index >= 15 is 0 Å². The molecule has 0 aromatic heterocycles. The minimum Gasteiger partial charge on any atom is -0.480 e. The number of methoxy groups -OCH3 is 1. The van der Waals surface area contributed by atoms with Gasteiger partial charge in [0.05, 0.1) is 13.5 Å². The highest BCUT2D eigenvalue weighted by molar-refractivity contribution is 7.99. The van der Waals surface area contributed by atoms with Crippen molar-refractivity contribution in [1.82, 2.24) is 5.32 Å². The van der Waals surface area contributed by atoms with Crippen LogP contribution >= 0.6 is 11.8 Å². The minimum atomic E-state index is -1.15. The van der Waals surface area contributed by atoms with Gasteiger partial charge in [0, 0.05) is 11.5 Å². The van der Waals surface area contributed by atoms with Crippen molar-refractivity contribution in [3.05, 3.63) is 0 Å². The zero-order chi connectivity index (χ0) is 15.8. The molecule has 0 bridgehead atoms. The zero-order valence-corrected chi connectivity index (χ0v) is 12.9. The maximum Gasteiger partial charge on any atom is 0.408 e. The standard InChI is InChI=1S/C12H21NO6S/c1-12(2,3)19-11(17)13-8(10(15)16)7-20-6-5-9(14)18-4/h8H,5-7H2,1-4H3,(H,13,17)(H,15,16). The van der Waals surface area contributed by atoms with Gasteiger partial charge in [0.1, 0.15) is 11.6 Å². The summed E-state index contributed by atoms with van der Waals surface area (Å²) in [6, 6.07) is -1.06. The molecule has 0 aliphatic heterocycles. The highest BCUT2D eigenvalue weighted by Gasteiger charge is 2.23. The molecule has 0 heterocycles. The molecule has 0 radical (unpaired) electrons. The summed E-state index contributed by atoms with van der Waals surface area (Å²) in [6.07, 6.45) is -0.585. The maximum absolute atomic E-state index is 11.5. The smallest absolute Gasteiger partial charge is 0.408 e. The lowest BCUT2D eigenvalue weighted by molar-refractivity contribution is -0.140. The second-order valence-corrected chi connectivity index (χ2v) is 6.09. The van der Waals surface area contributed by atoms with Gasteiger partial charge in [-0.3, -0.25) is 4.79 Å². The van der Waals surface area contributed by atoms with Gasteiger partial charge < -0.3 is 19.9 Å². The van der Waals surface area contributed by atoms with Crippen LogP contribution in [0.2, 0.25) is 0 Å². The van der Waals surface area contributed by atoms with Crippen molar-refractivity contribution in [1.29, 1.82) is 0 Å². The molecule has 0 spiro atoms. The van der Waals surface area contributed by atoms with Gasteiger partial charge in [-0.15, -0.1) is 0 Å². The molecule has 0 aromatic rings. The van der Waals surface area contributed by atoms with Crippen molar-refractivity contribution in [2.75, 3.05) is 18.6 Å². The Bertz CT molecular complexity index is 352. The van der Waals surface area contributed by atoms with Crippen molar-refractivity contribution in [2.45, 2.75) is 38.8 Å². The van der Waals surface area contributed by atoms with Crippen molar-refractivity contribution in [3.8, 4) is 0 Å². The van der Waals surface area contributed by atoms with Gasteiger partial charge in [-0.1, -0.05) is 0 Å². The molecule has 1 amide bonds. The van der Waals surface area contributed by atoms with Gasteiger partial charge in [-0.05, 0) is 20.8 Å². The van der Waals surface area contributed by atoms with Crippen LogP contribution in [0.4, 0.5) is 4.79 Å². The molecule has 116 valence electrons. The van der Waals surface area contributed by atoms with Gasteiger partial charge in [0.15, 0.2) is 0 Å². The Morgan fingerprint density at radius 2 is 1.90 bits per heavy atom. The number of rotatable bonds is 7. The number of hydrogen-bond donors (Lipinski definition) is 2. The molecule has 2 N–H and O–H groups in total. The number of carbonyl (C=O) groups is 3. The highest BCUT2D eigenvalue weighted by Crippen LogP contribution is 2.09. The van der Waals surface area contributed by atoms with E-state index in [1.165, 1.54) is 18.9 Å². The molecule has 20 heavy (non-hydrogen) atoms. The molecule has 0 saturated heterocycles. The van der Waals surface area contributed by atoms with Crippen LogP contribution in [-0.4, -0.2) is 53.4 Å². The van der Waals surface area contributed by atoms with E-state index in [0.29, 0.717) is 5.75 Å². The third-order valence-corrected chi connectivity index (χ3v) is 3.01. The summed E-state index contributed by atoms with van der Waals surface area (Å²) in [5, 5.41) is 11.3. The van der Waals surface area contributed by atoms with Crippen LogP contribution in [0.25, 0.3) is 0 Å². The summed E-state index contributed by atoms with van der Waals surface area (Å²) in [5.41, 5.74) is -0.689. The molecule has 1 atom stereocenters. The van der Waals surface area contributed by atoms with Crippen LogP contribution in [0.1, 0.15) is 27.2 Å². The third-order valence-electron chi connectivity index (χ3n) is 1.95. The average molecular weight is 307 g/mol. The normalized spacial score (nSPS) is 12.4. The van der Waals surface area contributed by atoms with Crippen LogP contribution in [0.15, 0.2) is 0 Å². The Hall–Kier alpha value is -1.44. The first-order valence-corrected chi connectivity index (χ1v) is 7.18. The Labute approximate surface area is 122 Å². The zero-order valence-electron chi connectivity index (χ0n) is 12.1. The summed E-state index contributed by atoms with van der Waals surface area (Å²) >= 11 is 1.24. The maximum atomic E-state index is 11.5. The lowest BCUT2D eigenvalue weighted by Crippen LogP contribution is -2.45. The number of ether oxygens (including phenoxy) is 2. The molecule has 1 unspecified atom stereocenters. The number of carboxylic acids is 1. The summed E-state index contributed by atoms with van der Waals surface area (Å²) in [6.45, 7) is 5.06. The first-order chi connectivity index (χ1) is 9.15. The number of esters is 1. The Balaban J connectivity index is 4.15. The average Bonchev–Trinajstić information content (AvgIpc) is 2.29. The van der Waals surface area contributed by atoms with Crippen LogP contribution in [0.3, 0.4) is 0 Å². The van der Waals surface area contributed by atoms with E-state index in [9.17, 15) is 14.4 Å². The second kappa shape index (κ2) is 8.68. The quantitative estimate of drug-likeness (QED) is 0.539. The molecule has 8 heteroatoms. The number of hydrogen-bond acceptors (Lipinski definition) is 6. The van der Waals surface area contributed by atoms with Gasteiger partial charge in [-0.2, -0.15) is 11.8 Å². The molecular formula is C12H21NO6S. The Morgan fingerprint density at radius 3 is 2.35 bits per heavy atom. The number of amides is 1.